The zero-order valence-corrected chi connectivity index (χ0v) is 26.2. The van der Waals surface area contributed by atoms with Crippen molar-refractivity contribution in [3.8, 4) is 0 Å². The number of allylic oxidation sites excluding steroid dienone is 3. The molecule has 1 aliphatic heterocycles. The molecule has 2 saturated carbocycles. The van der Waals surface area contributed by atoms with Crippen LogP contribution in [-0.2, 0) is 19.1 Å². The summed E-state index contributed by atoms with van der Waals surface area (Å²) in [6.45, 7) is 29.0. The maximum Gasteiger partial charge on any atom is 0.303 e. The molecular weight excluding hydrogens is 490 g/mol. The second-order valence-electron chi connectivity index (χ2n) is 14.6. The second-order valence-corrected chi connectivity index (χ2v) is 14.6. The Morgan fingerprint density at radius 1 is 1.18 bits per heavy atom. The Balaban J connectivity index is 1.89. The first-order valence-electron chi connectivity index (χ1n) is 15.0. The molecule has 11 atom stereocenters. The largest absolute Gasteiger partial charge is 0.454 e. The molecule has 0 aromatic carbocycles. The Morgan fingerprint density at radius 2 is 1.79 bits per heavy atom. The van der Waals surface area contributed by atoms with Gasteiger partial charge < -0.3 is 19.9 Å². The third kappa shape index (κ3) is 4.17. The monoisotopic (exact) mass is 543 g/mol. The first kappa shape index (κ1) is 30.3. The smallest absolute Gasteiger partial charge is 0.303 e. The van der Waals surface area contributed by atoms with Crippen LogP contribution in [0.5, 0.6) is 0 Å². The molecule has 220 valence electrons. The molecule has 4 rings (SSSR count). The standard InChI is InChI=1S/C33H53NO5/c1-17-13-27-33(16-38-27,39-24(8)36)29-21(5)31(11)15-25(14-26(37)22(6)34-23(7)35)19(3)28(30(31,9)10)18(2)20(4)32(17,29)12/h17-18,21-22,25-27,29,37H,4,13-16H2,1-3,5-12H3,(H,34,35). The van der Waals surface area contributed by atoms with Crippen LogP contribution < -0.4 is 5.32 Å². The Morgan fingerprint density at radius 3 is 2.31 bits per heavy atom. The van der Waals surface area contributed by atoms with Crippen molar-refractivity contribution in [3.05, 3.63) is 23.3 Å². The molecule has 0 spiro atoms. The topological polar surface area (TPSA) is 84.9 Å². The molecule has 0 aromatic heterocycles. The summed E-state index contributed by atoms with van der Waals surface area (Å²) in [5.41, 5.74) is 2.86. The first-order valence-corrected chi connectivity index (χ1v) is 15.0. The normalized spacial score (nSPS) is 44.6. The lowest BCUT2D eigenvalue weighted by Gasteiger charge is -2.71. The van der Waals surface area contributed by atoms with E-state index < -0.39 is 11.7 Å². The average Bonchev–Trinajstić information content (AvgIpc) is 2.81. The van der Waals surface area contributed by atoms with E-state index in [-0.39, 0.29) is 63.9 Å². The number of hydrogen-bond acceptors (Lipinski definition) is 5. The summed E-state index contributed by atoms with van der Waals surface area (Å²) in [6, 6.07) is -0.319. The minimum Gasteiger partial charge on any atom is -0.454 e. The van der Waals surface area contributed by atoms with Gasteiger partial charge in [-0.2, -0.15) is 0 Å². The second kappa shape index (κ2) is 9.72. The van der Waals surface area contributed by atoms with Crippen molar-refractivity contribution in [2.24, 2.45) is 45.8 Å². The Bertz CT molecular complexity index is 1080. The van der Waals surface area contributed by atoms with Crippen molar-refractivity contribution < 1.29 is 24.2 Å². The van der Waals surface area contributed by atoms with Gasteiger partial charge in [-0.25, -0.2) is 0 Å². The van der Waals surface area contributed by atoms with Gasteiger partial charge in [0.2, 0.25) is 5.91 Å². The lowest BCUT2D eigenvalue weighted by Crippen LogP contribution is -2.75. The number of aliphatic hydroxyl groups is 1. The van der Waals surface area contributed by atoms with Crippen molar-refractivity contribution in [1.29, 1.82) is 0 Å². The average molecular weight is 544 g/mol. The number of hydrogen-bond donors (Lipinski definition) is 2. The summed E-state index contributed by atoms with van der Waals surface area (Å²) >= 11 is 0. The van der Waals surface area contributed by atoms with E-state index in [1.807, 2.05) is 6.92 Å². The van der Waals surface area contributed by atoms with Crippen LogP contribution in [0.15, 0.2) is 23.3 Å². The SMILES string of the molecule is C=C1C(C)C2=C(C)C(CC(O)C(C)NC(C)=O)CC(C)(C(C)C3C4(OC(C)=O)COC4CC(C)C13C)C2(C)C. The fourth-order valence-corrected chi connectivity index (χ4v) is 9.95. The van der Waals surface area contributed by atoms with Crippen molar-refractivity contribution in [3.63, 3.8) is 0 Å². The molecule has 3 aliphatic carbocycles. The molecule has 6 nitrogen and oxygen atoms in total. The van der Waals surface area contributed by atoms with Crippen LogP contribution in [0.4, 0.5) is 0 Å². The number of ether oxygens (including phenoxy) is 2. The third-order valence-electron chi connectivity index (χ3n) is 12.6. The highest BCUT2D eigenvalue weighted by molar-refractivity contribution is 5.73. The minimum absolute atomic E-state index is 0.0551. The molecule has 0 radical (unpaired) electrons. The van der Waals surface area contributed by atoms with Gasteiger partial charge in [-0.1, -0.05) is 71.8 Å². The van der Waals surface area contributed by atoms with Crippen LogP contribution in [0.1, 0.15) is 95.4 Å². The molecule has 3 fully saturated rings. The van der Waals surface area contributed by atoms with Crippen LogP contribution in [0, 0.1) is 45.8 Å². The summed E-state index contributed by atoms with van der Waals surface area (Å²) in [4.78, 5) is 24.3. The number of amides is 1. The molecular formula is C33H53NO5. The van der Waals surface area contributed by atoms with E-state index in [9.17, 15) is 14.7 Å². The lowest BCUT2D eigenvalue weighted by atomic mass is 9.37. The van der Waals surface area contributed by atoms with Crippen molar-refractivity contribution in [1.82, 2.24) is 5.32 Å². The lowest BCUT2D eigenvalue weighted by molar-refractivity contribution is -0.327. The Kier molecular flexibility index (Phi) is 7.55. The van der Waals surface area contributed by atoms with Gasteiger partial charge in [0.1, 0.15) is 6.10 Å². The van der Waals surface area contributed by atoms with Crippen LogP contribution >= 0.6 is 0 Å². The molecule has 1 saturated heterocycles. The fourth-order valence-electron chi connectivity index (χ4n) is 9.95. The molecule has 2 bridgehead atoms. The molecule has 6 heteroatoms. The van der Waals surface area contributed by atoms with Crippen LogP contribution in [0.2, 0.25) is 0 Å². The summed E-state index contributed by atoms with van der Waals surface area (Å²) in [5, 5.41) is 14.1. The maximum absolute atomic E-state index is 12.6. The fraction of sp³-hybridized carbons (Fsp3) is 0.818. The highest BCUT2D eigenvalue weighted by atomic mass is 16.6. The number of esters is 1. The van der Waals surface area contributed by atoms with Crippen molar-refractivity contribution in [2.75, 3.05) is 6.61 Å². The zero-order valence-electron chi connectivity index (χ0n) is 26.2. The highest BCUT2D eigenvalue weighted by Gasteiger charge is 2.72. The summed E-state index contributed by atoms with van der Waals surface area (Å²) in [5.74, 6) is 0.509. The third-order valence-corrected chi connectivity index (χ3v) is 12.6. The van der Waals surface area contributed by atoms with E-state index in [1.54, 1.807) is 0 Å². The predicted molar refractivity (Wildman–Crippen MR) is 154 cm³/mol. The van der Waals surface area contributed by atoms with Crippen LogP contribution in [0.25, 0.3) is 0 Å². The summed E-state index contributed by atoms with van der Waals surface area (Å²) in [7, 11) is 0. The Labute approximate surface area is 236 Å². The predicted octanol–water partition coefficient (Wildman–Crippen LogP) is 5.84. The summed E-state index contributed by atoms with van der Waals surface area (Å²) in [6.07, 6.45) is 1.62. The number of rotatable bonds is 5. The van der Waals surface area contributed by atoms with Crippen molar-refractivity contribution in [2.45, 2.75) is 119 Å². The van der Waals surface area contributed by atoms with Gasteiger partial charge >= 0.3 is 5.97 Å². The van der Waals surface area contributed by atoms with Gasteiger partial charge in [0.05, 0.1) is 18.8 Å². The van der Waals surface area contributed by atoms with E-state index in [0.29, 0.717) is 18.9 Å². The van der Waals surface area contributed by atoms with Gasteiger partial charge in [0.15, 0.2) is 5.60 Å². The molecule has 1 amide bonds. The van der Waals surface area contributed by atoms with Gasteiger partial charge in [-0.05, 0) is 73.0 Å². The number of carbonyl (C=O) groups is 2. The number of fused-ring (bicyclic) bond motifs is 5. The van der Waals surface area contributed by atoms with Crippen molar-refractivity contribution >= 4 is 11.9 Å². The molecule has 1 heterocycles. The molecule has 0 aromatic rings. The number of carbonyl (C=O) groups excluding carboxylic acids is 2. The minimum atomic E-state index is -0.656. The van der Waals surface area contributed by atoms with E-state index >= 15 is 0 Å². The van der Waals surface area contributed by atoms with Gasteiger partial charge in [0, 0.05) is 19.8 Å². The van der Waals surface area contributed by atoms with E-state index in [2.05, 4.69) is 60.7 Å². The van der Waals surface area contributed by atoms with E-state index in [0.717, 1.165) is 12.8 Å². The van der Waals surface area contributed by atoms with Crippen LogP contribution in [-0.4, -0.2) is 47.4 Å². The van der Waals surface area contributed by atoms with E-state index in [4.69, 9.17) is 16.1 Å². The zero-order chi connectivity index (χ0) is 29.5. The molecule has 39 heavy (non-hydrogen) atoms. The van der Waals surface area contributed by atoms with Gasteiger partial charge in [-0.3, -0.25) is 9.59 Å². The molecule has 2 N–H and O–H groups in total. The number of aliphatic hydroxyl groups excluding tert-OH is 1. The summed E-state index contributed by atoms with van der Waals surface area (Å²) < 4.78 is 12.5. The highest BCUT2D eigenvalue weighted by Crippen LogP contribution is 2.72. The number of nitrogens with one attached hydrogen (secondary N) is 1. The van der Waals surface area contributed by atoms with Gasteiger partial charge in [-0.15, -0.1) is 0 Å². The first-order chi connectivity index (χ1) is 17.9. The van der Waals surface area contributed by atoms with Crippen LogP contribution in [0.3, 0.4) is 0 Å². The maximum atomic E-state index is 12.6. The molecule has 4 aliphatic rings. The molecule has 11 unspecified atom stereocenters. The van der Waals surface area contributed by atoms with E-state index in [1.165, 1.54) is 30.6 Å². The van der Waals surface area contributed by atoms with Gasteiger partial charge in [0.25, 0.3) is 0 Å². The Hall–Kier alpha value is -1.66. The quantitative estimate of drug-likeness (QED) is 0.336.